The molecule has 0 heterocycles. The quantitative estimate of drug-likeness (QED) is 0.513. The maximum Gasteiger partial charge on any atom is 1.00 e. The van der Waals surface area contributed by atoms with Crippen LogP contribution in [0.15, 0.2) is 24.3 Å². The van der Waals surface area contributed by atoms with Gasteiger partial charge in [0.1, 0.15) is 0 Å². The Hall–Kier alpha value is 0.660. The Bertz CT molecular complexity index is 313. The van der Waals surface area contributed by atoms with Gasteiger partial charge >= 0.3 is 37.2 Å². The molecule has 0 aliphatic rings. The predicted molar refractivity (Wildman–Crippen MR) is 48.3 cm³/mol. The van der Waals surface area contributed by atoms with Crippen LogP contribution in [0.4, 0.5) is 0 Å². The molecule has 6 heteroatoms. The Morgan fingerprint density at radius 3 is 2.15 bits per heavy atom. The van der Waals surface area contributed by atoms with Crippen molar-refractivity contribution in [3.8, 4) is 0 Å². The van der Waals surface area contributed by atoms with Crippen LogP contribution in [0.25, 0.3) is 0 Å². The Kier molecular flexibility index (Phi) is 5.80. The first-order valence-corrected chi connectivity index (χ1v) is 5.44. The Balaban J connectivity index is 0. The van der Waals surface area contributed by atoms with E-state index in [-0.39, 0.29) is 37.1 Å². The first-order chi connectivity index (χ1) is 5.47. The molecular formula is C7H9ClNaO3P. The average molecular weight is 231 g/mol. The molecule has 0 radical (unpaired) electrons. The molecule has 0 spiro atoms. The van der Waals surface area contributed by atoms with E-state index >= 15 is 0 Å². The number of halogens is 1. The molecule has 0 fully saturated rings. The van der Waals surface area contributed by atoms with Gasteiger partial charge in [-0.25, -0.2) is 0 Å². The molecule has 68 valence electrons. The van der Waals surface area contributed by atoms with Crippen LogP contribution in [-0.4, -0.2) is 9.79 Å². The number of benzene rings is 1. The van der Waals surface area contributed by atoms with Crippen LogP contribution in [0, 0.1) is 0 Å². The maximum absolute atomic E-state index is 10.5. The molecule has 1 rings (SSSR count). The smallest absolute Gasteiger partial charge is 1.00 e. The van der Waals surface area contributed by atoms with Gasteiger partial charge in [-0.1, -0.05) is 23.7 Å². The zero-order valence-electron chi connectivity index (χ0n) is 8.14. The molecule has 13 heavy (non-hydrogen) atoms. The second-order valence-corrected chi connectivity index (χ2v) is 4.53. The molecule has 1 aromatic rings. The molecule has 0 amide bonds. The fourth-order valence-electron chi connectivity index (χ4n) is 0.828. The fourth-order valence-corrected chi connectivity index (χ4v) is 1.64. The molecular weight excluding hydrogens is 221 g/mol. The summed E-state index contributed by atoms with van der Waals surface area (Å²) in [5.74, 6) is 0. The van der Waals surface area contributed by atoms with Gasteiger partial charge in [0.2, 0.25) is 0 Å². The van der Waals surface area contributed by atoms with Crippen LogP contribution in [-0.2, 0) is 10.7 Å². The van der Waals surface area contributed by atoms with E-state index in [4.69, 9.17) is 21.4 Å². The summed E-state index contributed by atoms with van der Waals surface area (Å²) in [4.78, 5) is 17.2. The Labute approximate surface area is 105 Å². The van der Waals surface area contributed by atoms with Crippen LogP contribution in [0.5, 0.6) is 0 Å². The molecule has 0 saturated heterocycles. The first-order valence-electron chi connectivity index (χ1n) is 3.26. The van der Waals surface area contributed by atoms with Gasteiger partial charge in [-0.2, -0.15) is 0 Å². The molecule has 0 unspecified atom stereocenters. The van der Waals surface area contributed by atoms with Crippen molar-refractivity contribution in [2.45, 2.75) is 6.16 Å². The van der Waals surface area contributed by atoms with Gasteiger partial charge in [-0.3, -0.25) is 4.57 Å². The monoisotopic (exact) mass is 230 g/mol. The van der Waals surface area contributed by atoms with Gasteiger partial charge in [0.15, 0.2) is 0 Å². The van der Waals surface area contributed by atoms with Crippen molar-refractivity contribution in [2.24, 2.45) is 0 Å². The third-order valence-corrected chi connectivity index (χ3v) is 2.33. The summed E-state index contributed by atoms with van der Waals surface area (Å²) in [6, 6.07) is 6.40. The standard InChI is InChI=1S/C7H8ClO3P.Na.H/c8-7-3-1-6(2-4-7)5-12(9,10)11;;/h1-4H,5H2,(H2,9,10,11);;/q;+1;-1. The second-order valence-electron chi connectivity index (χ2n) is 2.45. The second kappa shape index (κ2) is 5.52. The number of rotatable bonds is 2. The molecule has 0 bridgehead atoms. The van der Waals surface area contributed by atoms with Gasteiger partial charge < -0.3 is 11.2 Å². The summed E-state index contributed by atoms with van der Waals surface area (Å²) in [5.41, 5.74) is 0.590. The van der Waals surface area contributed by atoms with Crippen molar-refractivity contribution in [2.75, 3.05) is 0 Å². The Morgan fingerprint density at radius 1 is 1.31 bits per heavy atom. The summed E-state index contributed by atoms with van der Waals surface area (Å²) in [5, 5.41) is 0.560. The van der Waals surface area contributed by atoms with E-state index in [0.29, 0.717) is 10.6 Å². The minimum absolute atomic E-state index is 0. The van der Waals surface area contributed by atoms with E-state index in [1.807, 2.05) is 0 Å². The summed E-state index contributed by atoms with van der Waals surface area (Å²) in [6.07, 6.45) is -0.232. The first kappa shape index (κ1) is 13.7. The summed E-state index contributed by atoms with van der Waals surface area (Å²) in [6.45, 7) is 0. The van der Waals surface area contributed by atoms with E-state index in [1.165, 1.54) is 0 Å². The van der Waals surface area contributed by atoms with E-state index < -0.39 is 7.60 Å². The third-order valence-electron chi connectivity index (χ3n) is 1.30. The molecule has 0 aliphatic carbocycles. The van der Waals surface area contributed by atoms with Gasteiger partial charge in [-0.15, -0.1) is 0 Å². The van der Waals surface area contributed by atoms with Crippen LogP contribution in [0.1, 0.15) is 6.99 Å². The van der Waals surface area contributed by atoms with Crippen molar-refractivity contribution in [3.05, 3.63) is 34.9 Å². The van der Waals surface area contributed by atoms with Crippen LogP contribution in [0.2, 0.25) is 5.02 Å². The molecule has 0 aliphatic heterocycles. The molecule has 0 saturated carbocycles. The van der Waals surface area contributed by atoms with E-state index in [1.54, 1.807) is 24.3 Å². The predicted octanol–water partition coefficient (Wildman–Crippen LogP) is -0.866. The zero-order chi connectivity index (χ0) is 9.19. The van der Waals surface area contributed by atoms with Gasteiger partial charge in [0.05, 0.1) is 6.16 Å². The number of hydrogen-bond donors (Lipinski definition) is 2. The van der Waals surface area contributed by atoms with Crippen LogP contribution in [0.3, 0.4) is 0 Å². The van der Waals surface area contributed by atoms with Gasteiger partial charge in [0, 0.05) is 5.02 Å². The van der Waals surface area contributed by atoms with E-state index in [2.05, 4.69) is 0 Å². The normalized spacial score (nSPS) is 10.7. The van der Waals surface area contributed by atoms with Gasteiger partial charge in [0.25, 0.3) is 0 Å². The molecule has 0 aromatic heterocycles. The van der Waals surface area contributed by atoms with Crippen molar-refractivity contribution < 1.29 is 45.3 Å². The average Bonchev–Trinajstić information content (AvgIpc) is 1.91. The minimum atomic E-state index is -3.95. The molecule has 3 nitrogen and oxygen atoms in total. The topological polar surface area (TPSA) is 57.5 Å². The number of hydrogen-bond acceptors (Lipinski definition) is 1. The van der Waals surface area contributed by atoms with Crippen molar-refractivity contribution in [3.63, 3.8) is 0 Å². The van der Waals surface area contributed by atoms with Crippen LogP contribution >= 0.6 is 19.2 Å². The summed E-state index contributed by atoms with van der Waals surface area (Å²) < 4.78 is 10.5. The largest absolute Gasteiger partial charge is 1.00 e. The molecule has 0 atom stereocenters. The molecule has 2 N–H and O–H groups in total. The fraction of sp³-hybridized carbons (Fsp3) is 0.143. The summed E-state index contributed by atoms with van der Waals surface area (Å²) >= 11 is 5.59. The van der Waals surface area contributed by atoms with Crippen molar-refractivity contribution >= 4 is 19.2 Å². The minimum Gasteiger partial charge on any atom is -1.00 e. The van der Waals surface area contributed by atoms with Crippen LogP contribution < -0.4 is 29.6 Å². The third kappa shape index (κ3) is 5.87. The van der Waals surface area contributed by atoms with E-state index in [0.717, 1.165) is 0 Å². The summed E-state index contributed by atoms with van der Waals surface area (Å²) in [7, 11) is -3.95. The maximum atomic E-state index is 10.5. The SMILES string of the molecule is O=P(O)(O)Cc1ccc(Cl)cc1.[H-].[Na+]. The van der Waals surface area contributed by atoms with Crippen molar-refractivity contribution in [1.82, 2.24) is 0 Å². The Morgan fingerprint density at radius 2 is 1.77 bits per heavy atom. The zero-order valence-corrected chi connectivity index (χ0v) is 10.8. The molecule has 1 aromatic carbocycles. The van der Waals surface area contributed by atoms with E-state index in [9.17, 15) is 4.57 Å². The van der Waals surface area contributed by atoms with Crippen molar-refractivity contribution in [1.29, 1.82) is 0 Å². The van der Waals surface area contributed by atoms with Gasteiger partial charge in [-0.05, 0) is 17.7 Å².